The molecule has 0 spiro atoms. The van der Waals surface area contributed by atoms with Crippen LogP contribution in [0.4, 0.5) is 18.9 Å². The molecule has 12 heteroatoms. The number of carbonyl (C=O) groups excluding carboxylic acids is 2. The Morgan fingerprint density at radius 2 is 1.84 bits per heavy atom. The summed E-state index contributed by atoms with van der Waals surface area (Å²) in [6.07, 6.45) is -2.18. The first-order valence-corrected chi connectivity index (χ1v) is 9.05. The lowest BCUT2D eigenvalue weighted by atomic mass is 10.1. The third kappa shape index (κ3) is 5.74. The predicted molar refractivity (Wildman–Crippen MR) is 104 cm³/mol. The smallest absolute Gasteiger partial charge is 0.416 e. The molecule has 9 nitrogen and oxygen atoms in total. The van der Waals surface area contributed by atoms with E-state index in [0.29, 0.717) is 11.5 Å². The summed E-state index contributed by atoms with van der Waals surface area (Å²) in [6.45, 7) is -1.23. The van der Waals surface area contributed by atoms with Gasteiger partial charge in [-0.25, -0.2) is 14.5 Å². The highest BCUT2D eigenvalue weighted by atomic mass is 19.4. The number of hydrogen-bond donors (Lipinski definition) is 1. The van der Waals surface area contributed by atoms with Gasteiger partial charge in [0.05, 0.1) is 24.0 Å². The molecule has 3 rings (SSSR count). The Balaban J connectivity index is 1.62. The van der Waals surface area contributed by atoms with Crippen molar-refractivity contribution in [3.63, 3.8) is 0 Å². The molecular weight excluding hydrogens is 433 g/mol. The monoisotopic (exact) mass is 450 g/mol. The van der Waals surface area contributed by atoms with E-state index in [1.54, 1.807) is 24.3 Å². The summed E-state index contributed by atoms with van der Waals surface area (Å²) in [5.74, 6) is -0.996. The molecule has 2 aromatic carbocycles. The van der Waals surface area contributed by atoms with Gasteiger partial charge < -0.3 is 19.5 Å². The number of anilines is 1. The van der Waals surface area contributed by atoms with E-state index in [9.17, 15) is 22.8 Å². The van der Waals surface area contributed by atoms with Gasteiger partial charge in [0.15, 0.2) is 24.7 Å². The molecule has 0 bridgehead atoms. The van der Waals surface area contributed by atoms with Crippen LogP contribution in [0.15, 0.2) is 55.1 Å². The van der Waals surface area contributed by atoms with E-state index < -0.39 is 36.8 Å². The van der Waals surface area contributed by atoms with Crippen molar-refractivity contribution >= 4 is 17.6 Å². The molecule has 0 aliphatic carbocycles. The van der Waals surface area contributed by atoms with Crippen molar-refractivity contribution in [3.8, 4) is 17.2 Å². The molecule has 0 atom stereocenters. The van der Waals surface area contributed by atoms with E-state index in [2.05, 4.69) is 15.4 Å². The Hall–Kier alpha value is -4.09. The molecule has 168 valence electrons. The third-order valence-electron chi connectivity index (χ3n) is 4.04. The van der Waals surface area contributed by atoms with Gasteiger partial charge in [0.25, 0.3) is 5.91 Å². The molecule has 0 saturated carbocycles. The SMILES string of the molecule is COc1ccccc1OCC(=O)OCC(=O)Nc1cc(C(F)(F)F)ccc1-n1cncn1. The zero-order chi connectivity index (χ0) is 23.1. The summed E-state index contributed by atoms with van der Waals surface area (Å²) in [6, 6.07) is 9.35. The molecular formula is C20H17F3N4O5. The first kappa shape index (κ1) is 22.6. The summed E-state index contributed by atoms with van der Waals surface area (Å²) < 4.78 is 55.6. The maximum absolute atomic E-state index is 13.1. The molecule has 0 unspecified atom stereocenters. The van der Waals surface area contributed by atoms with Crippen molar-refractivity contribution in [3.05, 3.63) is 60.7 Å². The van der Waals surface area contributed by atoms with Crippen molar-refractivity contribution < 1.29 is 37.0 Å². The Labute approximate surface area is 179 Å². The molecule has 0 radical (unpaired) electrons. The Morgan fingerprint density at radius 3 is 2.50 bits per heavy atom. The lowest BCUT2D eigenvalue weighted by Gasteiger charge is -2.14. The van der Waals surface area contributed by atoms with Gasteiger partial charge >= 0.3 is 12.1 Å². The highest BCUT2D eigenvalue weighted by Crippen LogP contribution is 2.33. The van der Waals surface area contributed by atoms with Crippen molar-refractivity contribution in [2.45, 2.75) is 6.18 Å². The number of alkyl halides is 3. The van der Waals surface area contributed by atoms with Crippen LogP contribution in [0.1, 0.15) is 5.56 Å². The number of carbonyl (C=O) groups is 2. The van der Waals surface area contributed by atoms with Gasteiger partial charge in [0, 0.05) is 0 Å². The van der Waals surface area contributed by atoms with Crippen LogP contribution >= 0.6 is 0 Å². The molecule has 32 heavy (non-hydrogen) atoms. The number of aromatic nitrogens is 3. The molecule has 1 aromatic heterocycles. The third-order valence-corrected chi connectivity index (χ3v) is 4.04. The van der Waals surface area contributed by atoms with Gasteiger partial charge in [-0.3, -0.25) is 4.79 Å². The molecule has 0 aliphatic rings. The summed E-state index contributed by atoms with van der Waals surface area (Å²) in [4.78, 5) is 27.8. The van der Waals surface area contributed by atoms with Crippen LogP contribution in [0.25, 0.3) is 5.69 Å². The Kier molecular flexibility index (Phi) is 6.93. The van der Waals surface area contributed by atoms with Crippen molar-refractivity contribution in [1.82, 2.24) is 14.8 Å². The van der Waals surface area contributed by atoms with Gasteiger partial charge in [-0.05, 0) is 30.3 Å². The molecule has 1 N–H and O–H groups in total. The second-order valence-electron chi connectivity index (χ2n) is 6.22. The maximum atomic E-state index is 13.1. The zero-order valence-electron chi connectivity index (χ0n) is 16.6. The van der Waals surface area contributed by atoms with Gasteiger partial charge in [0.1, 0.15) is 12.7 Å². The number of rotatable bonds is 8. The van der Waals surface area contributed by atoms with E-state index in [0.717, 1.165) is 18.2 Å². The Morgan fingerprint density at radius 1 is 1.09 bits per heavy atom. The van der Waals surface area contributed by atoms with Gasteiger partial charge in [-0.2, -0.15) is 18.3 Å². The lowest BCUT2D eigenvalue weighted by molar-refractivity contribution is -0.149. The highest BCUT2D eigenvalue weighted by Gasteiger charge is 2.31. The number of esters is 1. The number of halogens is 3. The van der Waals surface area contributed by atoms with Crippen LogP contribution in [0.2, 0.25) is 0 Å². The molecule has 0 saturated heterocycles. The number of hydrogen-bond acceptors (Lipinski definition) is 7. The van der Waals surface area contributed by atoms with Crippen LogP contribution in [0.3, 0.4) is 0 Å². The van der Waals surface area contributed by atoms with Crippen molar-refractivity contribution in [2.24, 2.45) is 0 Å². The molecule has 1 heterocycles. The average molecular weight is 450 g/mol. The Bertz CT molecular complexity index is 1090. The standard InChI is InChI=1S/C20H17F3N4O5/c1-30-16-4-2-3-5-17(16)31-10-19(29)32-9-18(28)26-14-8-13(20(21,22)23)6-7-15(14)27-12-24-11-25-27/h2-8,11-12H,9-10H2,1H3,(H,26,28). The number of nitrogens with one attached hydrogen (secondary N) is 1. The van der Waals surface area contributed by atoms with E-state index >= 15 is 0 Å². The minimum atomic E-state index is -4.62. The van der Waals surface area contributed by atoms with E-state index in [1.807, 2.05) is 0 Å². The first-order valence-electron chi connectivity index (χ1n) is 9.05. The van der Waals surface area contributed by atoms with Gasteiger partial charge in [-0.1, -0.05) is 12.1 Å². The number of nitrogens with zero attached hydrogens (tertiary/aromatic N) is 3. The number of amides is 1. The lowest BCUT2D eigenvalue weighted by Crippen LogP contribution is -2.24. The summed E-state index contributed by atoms with van der Waals surface area (Å²) in [7, 11) is 1.44. The van der Waals surface area contributed by atoms with Crippen LogP contribution in [-0.4, -0.2) is 47.0 Å². The van der Waals surface area contributed by atoms with Gasteiger partial charge in [-0.15, -0.1) is 0 Å². The minimum absolute atomic E-state index is 0.148. The molecule has 0 fully saturated rings. The second-order valence-corrected chi connectivity index (χ2v) is 6.22. The van der Waals surface area contributed by atoms with Gasteiger partial charge in [0.2, 0.25) is 0 Å². The summed E-state index contributed by atoms with van der Waals surface area (Å²) in [5, 5.41) is 6.14. The van der Waals surface area contributed by atoms with Crippen LogP contribution in [-0.2, 0) is 20.5 Å². The number of ether oxygens (including phenoxy) is 3. The number of para-hydroxylation sites is 2. The topological polar surface area (TPSA) is 105 Å². The molecule has 3 aromatic rings. The van der Waals surface area contributed by atoms with E-state index in [-0.39, 0.29) is 11.4 Å². The average Bonchev–Trinajstić information content (AvgIpc) is 3.30. The molecule has 0 aliphatic heterocycles. The molecule has 1 amide bonds. The first-order chi connectivity index (χ1) is 15.3. The quantitative estimate of drug-likeness (QED) is 0.526. The predicted octanol–water partition coefficient (Wildman–Crippen LogP) is 2.86. The van der Waals surface area contributed by atoms with Crippen molar-refractivity contribution in [2.75, 3.05) is 25.6 Å². The number of benzene rings is 2. The van der Waals surface area contributed by atoms with E-state index in [4.69, 9.17) is 14.2 Å². The fraction of sp³-hybridized carbons (Fsp3) is 0.200. The fourth-order valence-corrected chi connectivity index (χ4v) is 2.59. The highest BCUT2D eigenvalue weighted by molar-refractivity contribution is 5.94. The van der Waals surface area contributed by atoms with Crippen LogP contribution in [0, 0.1) is 0 Å². The number of methoxy groups -OCH3 is 1. The summed E-state index contributed by atoms with van der Waals surface area (Å²) >= 11 is 0. The largest absolute Gasteiger partial charge is 0.493 e. The maximum Gasteiger partial charge on any atom is 0.416 e. The fourth-order valence-electron chi connectivity index (χ4n) is 2.59. The minimum Gasteiger partial charge on any atom is -0.493 e. The van der Waals surface area contributed by atoms with E-state index in [1.165, 1.54) is 24.4 Å². The van der Waals surface area contributed by atoms with Crippen molar-refractivity contribution in [1.29, 1.82) is 0 Å². The van der Waals surface area contributed by atoms with Crippen LogP contribution < -0.4 is 14.8 Å². The summed E-state index contributed by atoms with van der Waals surface area (Å²) in [5.41, 5.74) is -1.01. The van der Waals surface area contributed by atoms with Crippen LogP contribution in [0.5, 0.6) is 11.5 Å². The zero-order valence-corrected chi connectivity index (χ0v) is 16.6. The second kappa shape index (κ2) is 9.81. The normalized spacial score (nSPS) is 11.0.